The molecule has 0 spiro atoms. The summed E-state index contributed by atoms with van der Waals surface area (Å²) in [4.78, 5) is 0. The maximum absolute atomic E-state index is 11.8. The lowest BCUT2D eigenvalue weighted by molar-refractivity contribution is 0.315. The van der Waals surface area contributed by atoms with Crippen molar-refractivity contribution in [2.24, 2.45) is 11.7 Å². The fourth-order valence-corrected chi connectivity index (χ4v) is 2.67. The van der Waals surface area contributed by atoms with Gasteiger partial charge in [-0.05, 0) is 30.9 Å². The molecule has 1 aliphatic rings. The summed E-state index contributed by atoms with van der Waals surface area (Å²) >= 11 is 0. The average molecular weight is 244 g/mol. The molecule has 5 nitrogen and oxygen atoms in total. The molecule has 1 aliphatic carbocycles. The summed E-state index contributed by atoms with van der Waals surface area (Å²) in [6.45, 7) is 0.707. The van der Waals surface area contributed by atoms with Gasteiger partial charge in [-0.1, -0.05) is 6.42 Å². The van der Waals surface area contributed by atoms with Crippen LogP contribution in [0.4, 0.5) is 0 Å². The topological polar surface area (TPSA) is 85.3 Å². The minimum absolute atomic E-state index is 0.0488. The zero-order valence-electron chi connectivity index (χ0n) is 8.98. The molecule has 0 aromatic carbocycles. The Bertz CT molecular complexity index is 448. The first kappa shape index (κ1) is 11.6. The molecule has 0 atom stereocenters. The van der Waals surface area contributed by atoms with Crippen LogP contribution in [0.2, 0.25) is 0 Å². The van der Waals surface area contributed by atoms with Crippen molar-refractivity contribution in [2.45, 2.75) is 30.9 Å². The van der Waals surface area contributed by atoms with E-state index in [2.05, 4.69) is 4.72 Å². The highest BCUT2D eigenvalue weighted by Crippen LogP contribution is 2.25. The fraction of sp³-hybridized carbons (Fsp3) is 0.600. The van der Waals surface area contributed by atoms with Gasteiger partial charge in [-0.2, -0.15) is 0 Å². The van der Waals surface area contributed by atoms with Crippen LogP contribution in [0.15, 0.2) is 21.6 Å². The molecule has 6 heteroatoms. The molecular weight excluding hydrogens is 228 g/mol. The summed E-state index contributed by atoms with van der Waals surface area (Å²) in [5.41, 5.74) is 5.35. The van der Waals surface area contributed by atoms with E-state index in [1.165, 1.54) is 12.5 Å². The van der Waals surface area contributed by atoms with E-state index >= 15 is 0 Å². The van der Waals surface area contributed by atoms with E-state index in [1.807, 2.05) is 0 Å². The van der Waals surface area contributed by atoms with Crippen LogP contribution >= 0.6 is 0 Å². The first-order valence-corrected chi connectivity index (χ1v) is 6.88. The van der Waals surface area contributed by atoms with Gasteiger partial charge in [0.05, 0.1) is 6.54 Å². The highest BCUT2D eigenvalue weighted by Gasteiger charge is 2.23. The minimum Gasteiger partial charge on any atom is -0.447 e. The van der Waals surface area contributed by atoms with Crippen LogP contribution in [0.5, 0.6) is 0 Å². The molecule has 1 fully saturated rings. The zero-order valence-corrected chi connectivity index (χ0v) is 9.79. The monoisotopic (exact) mass is 244 g/mol. The molecule has 0 aliphatic heterocycles. The summed E-state index contributed by atoms with van der Waals surface area (Å²) in [6, 6.07) is 3.02. The average Bonchev–Trinajstić information content (AvgIpc) is 2.63. The Morgan fingerprint density at radius 2 is 2.19 bits per heavy atom. The van der Waals surface area contributed by atoms with Crippen LogP contribution in [0.3, 0.4) is 0 Å². The van der Waals surface area contributed by atoms with Crippen molar-refractivity contribution in [3.05, 3.63) is 17.9 Å². The largest absolute Gasteiger partial charge is 0.447 e. The first-order chi connectivity index (χ1) is 7.62. The lowest BCUT2D eigenvalue weighted by atomic mass is 9.86. The predicted molar refractivity (Wildman–Crippen MR) is 59.1 cm³/mol. The molecule has 1 heterocycles. The van der Waals surface area contributed by atoms with Crippen LogP contribution in [-0.4, -0.2) is 15.0 Å². The Morgan fingerprint density at radius 1 is 1.44 bits per heavy atom. The van der Waals surface area contributed by atoms with Crippen molar-refractivity contribution in [2.75, 3.05) is 6.54 Å². The van der Waals surface area contributed by atoms with E-state index in [-0.39, 0.29) is 11.6 Å². The highest BCUT2D eigenvalue weighted by molar-refractivity contribution is 7.89. The molecule has 0 radical (unpaired) electrons. The molecule has 1 aromatic rings. The fourth-order valence-electron chi connectivity index (χ4n) is 1.61. The molecule has 3 N–H and O–H groups in total. The van der Waals surface area contributed by atoms with Crippen LogP contribution < -0.4 is 10.5 Å². The SMILES string of the molecule is NCc1ccc(S(=O)(=O)NCC2CCC2)o1. The number of furan rings is 1. The Hall–Kier alpha value is -0.850. The Balaban J connectivity index is 1.99. The van der Waals surface area contributed by atoms with Gasteiger partial charge in [0.2, 0.25) is 5.09 Å². The number of nitrogens with two attached hydrogens (primary N) is 1. The van der Waals surface area contributed by atoms with Crippen molar-refractivity contribution in [1.82, 2.24) is 4.72 Å². The van der Waals surface area contributed by atoms with Gasteiger partial charge >= 0.3 is 0 Å². The van der Waals surface area contributed by atoms with Gasteiger partial charge in [-0.15, -0.1) is 0 Å². The van der Waals surface area contributed by atoms with Gasteiger partial charge in [-0.3, -0.25) is 0 Å². The van der Waals surface area contributed by atoms with Gasteiger partial charge in [0.1, 0.15) is 5.76 Å². The van der Waals surface area contributed by atoms with Crippen LogP contribution in [0.1, 0.15) is 25.0 Å². The molecule has 2 rings (SSSR count). The van der Waals surface area contributed by atoms with Crippen molar-refractivity contribution in [3.63, 3.8) is 0 Å². The van der Waals surface area contributed by atoms with E-state index in [1.54, 1.807) is 6.07 Å². The smallest absolute Gasteiger partial charge is 0.273 e. The number of sulfonamides is 1. The molecule has 0 amide bonds. The van der Waals surface area contributed by atoms with Crippen molar-refractivity contribution in [1.29, 1.82) is 0 Å². The summed E-state index contributed by atoms with van der Waals surface area (Å²) in [5.74, 6) is 0.961. The third-order valence-corrected chi connectivity index (χ3v) is 4.19. The molecule has 0 saturated heterocycles. The Morgan fingerprint density at radius 3 is 2.69 bits per heavy atom. The minimum atomic E-state index is -3.49. The van der Waals surface area contributed by atoms with Crippen molar-refractivity contribution in [3.8, 4) is 0 Å². The number of nitrogens with one attached hydrogen (secondary N) is 1. The standard InChI is InChI=1S/C10H16N2O3S/c11-6-9-4-5-10(15-9)16(13,14)12-7-8-2-1-3-8/h4-5,8,12H,1-3,6-7,11H2. The molecule has 1 aromatic heterocycles. The van der Waals surface area contributed by atoms with Gasteiger partial charge in [-0.25, -0.2) is 13.1 Å². The second-order valence-corrected chi connectivity index (χ2v) is 5.77. The molecule has 16 heavy (non-hydrogen) atoms. The maximum Gasteiger partial charge on any atom is 0.273 e. The Kier molecular flexibility index (Phi) is 3.32. The molecular formula is C10H16N2O3S. The molecule has 0 unspecified atom stereocenters. The highest BCUT2D eigenvalue weighted by atomic mass is 32.2. The summed E-state index contributed by atoms with van der Waals surface area (Å²) in [6.07, 6.45) is 3.41. The van der Waals surface area contributed by atoms with Crippen LogP contribution in [-0.2, 0) is 16.6 Å². The number of hydrogen-bond donors (Lipinski definition) is 2. The summed E-state index contributed by atoms with van der Waals surface area (Å²) in [5, 5.41) is -0.0488. The van der Waals surface area contributed by atoms with E-state index in [0.717, 1.165) is 12.8 Å². The lowest BCUT2D eigenvalue weighted by Crippen LogP contribution is -2.32. The molecule has 1 saturated carbocycles. The maximum atomic E-state index is 11.8. The zero-order chi connectivity index (χ0) is 11.6. The van der Waals surface area contributed by atoms with Crippen LogP contribution in [0, 0.1) is 5.92 Å². The third-order valence-electron chi connectivity index (χ3n) is 2.89. The predicted octanol–water partition coefficient (Wildman–Crippen LogP) is 0.817. The number of rotatable bonds is 5. The van der Waals surface area contributed by atoms with Gasteiger partial charge < -0.3 is 10.2 Å². The van der Waals surface area contributed by atoms with Crippen molar-refractivity contribution < 1.29 is 12.8 Å². The van der Waals surface area contributed by atoms with Gasteiger partial charge in [0.15, 0.2) is 0 Å². The normalized spacial score (nSPS) is 17.3. The Labute approximate surface area is 95.1 Å². The second-order valence-electron chi connectivity index (χ2n) is 4.07. The van der Waals surface area contributed by atoms with E-state index < -0.39 is 10.0 Å². The van der Waals surface area contributed by atoms with Gasteiger partial charge in [0.25, 0.3) is 10.0 Å². The quantitative estimate of drug-likeness (QED) is 0.803. The molecule has 90 valence electrons. The summed E-state index contributed by atoms with van der Waals surface area (Å²) in [7, 11) is -3.49. The molecule has 0 bridgehead atoms. The second kappa shape index (κ2) is 4.57. The van der Waals surface area contributed by atoms with Gasteiger partial charge in [0, 0.05) is 6.54 Å². The van der Waals surface area contributed by atoms with E-state index in [0.29, 0.717) is 18.2 Å². The van der Waals surface area contributed by atoms with Crippen molar-refractivity contribution >= 4 is 10.0 Å². The summed E-state index contributed by atoms with van der Waals surface area (Å²) < 4.78 is 31.2. The van der Waals surface area contributed by atoms with E-state index in [9.17, 15) is 8.42 Å². The lowest BCUT2D eigenvalue weighted by Gasteiger charge is -2.24. The number of hydrogen-bond acceptors (Lipinski definition) is 4. The third kappa shape index (κ3) is 2.45. The van der Waals surface area contributed by atoms with Crippen LogP contribution in [0.25, 0.3) is 0 Å². The van der Waals surface area contributed by atoms with E-state index in [4.69, 9.17) is 10.2 Å². The first-order valence-electron chi connectivity index (χ1n) is 5.40.